The molecule has 1 atom stereocenters. The fraction of sp³-hybridized carbons (Fsp3) is 0.333. The average molecular weight is 486 g/mol. The van der Waals surface area contributed by atoms with E-state index in [-0.39, 0.29) is 11.3 Å². The van der Waals surface area contributed by atoms with Crippen LogP contribution >= 0.6 is 0 Å². The Morgan fingerprint density at radius 3 is 2.40 bits per heavy atom. The highest BCUT2D eigenvalue weighted by atomic mass is 19.4. The van der Waals surface area contributed by atoms with Crippen molar-refractivity contribution in [1.29, 1.82) is 5.26 Å². The van der Waals surface area contributed by atoms with Crippen LogP contribution in [-0.4, -0.2) is 17.2 Å². The van der Waals surface area contributed by atoms with Crippen LogP contribution in [0.1, 0.15) is 56.8 Å². The molecule has 3 rings (SSSR count). The van der Waals surface area contributed by atoms with Gasteiger partial charge in [0.2, 0.25) is 0 Å². The SMILES string of the molecule is C=C(/C=C(\Nc1cccc(C#N)c1)C(=O)Nc1cccc(C(O)CCC2CC2)c1)C(F)(F)F.CC. The number of allylic oxidation sites excluding steroid dienone is 2. The predicted octanol–water partition coefficient (Wildman–Crippen LogP) is 6.86. The maximum absolute atomic E-state index is 13.1. The van der Waals surface area contributed by atoms with Gasteiger partial charge in [-0.15, -0.1) is 0 Å². The van der Waals surface area contributed by atoms with Crippen LogP contribution in [0.25, 0.3) is 0 Å². The molecule has 1 aliphatic rings. The summed E-state index contributed by atoms with van der Waals surface area (Å²) in [7, 11) is 0. The van der Waals surface area contributed by atoms with Crippen molar-refractivity contribution in [2.45, 2.75) is 51.8 Å². The standard InChI is InChI=1S/C25H24F3N3O2.C2H6/c1-16(25(26,27)28)12-22(30-20-6-2-4-18(13-20)15-29)24(33)31-21-7-3-5-19(14-21)23(32)11-10-17-8-9-17;1-2/h2-7,12-14,17,23,30,32H,1,8-11H2,(H,31,33);1-2H3/b22-12-;. The molecule has 186 valence electrons. The Kier molecular flexibility index (Phi) is 10.1. The van der Waals surface area contributed by atoms with Crippen LogP contribution in [0, 0.1) is 17.2 Å². The van der Waals surface area contributed by atoms with E-state index in [9.17, 15) is 23.1 Å². The van der Waals surface area contributed by atoms with Crippen molar-refractivity contribution in [3.8, 4) is 6.07 Å². The van der Waals surface area contributed by atoms with Crippen LogP contribution < -0.4 is 10.6 Å². The summed E-state index contributed by atoms with van der Waals surface area (Å²) in [5, 5.41) is 24.7. The Morgan fingerprint density at radius 1 is 1.17 bits per heavy atom. The number of hydrogen-bond donors (Lipinski definition) is 3. The molecule has 0 spiro atoms. The Labute approximate surface area is 204 Å². The van der Waals surface area contributed by atoms with Gasteiger partial charge in [0.05, 0.1) is 23.3 Å². The van der Waals surface area contributed by atoms with E-state index in [1.165, 1.54) is 31.0 Å². The van der Waals surface area contributed by atoms with Crippen molar-refractivity contribution in [3.63, 3.8) is 0 Å². The molecule has 5 nitrogen and oxygen atoms in total. The van der Waals surface area contributed by atoms with Crippen LogP contribution in [0.2, 0.25) is 0 Å². The summed E-state index contributed by atoms with van der Waals surface area (Å²) in [5.41, 5.74) is -0.0997. The summed E-state index contributed by atoms with van der Waals surface area (Å²) < 4.78 is 39.2. The number of nitrogens with zero attached hydrogens (tertiary/aromatic N) is 1. The third-order valence-corrected chi connectivity index (χ3v) is 5.27. The lowest BCUT2D eigenvalue weighted by Crippen LogP contribution is -2.21. The second-order valence-electron chi connectivity index (χ2n) is 8.01. The van der Waals surface area contributed by atoms with Gasteiger partial charge < -0.3 is 15.7 Å². The molecule has 2 aromatic rings. The molecule has 8 heteroatoms. The number of aliphatic hydroxyl groups is 1. The summed E-state index contributed by atoms with van der Waals surface area (Å²) in [6, 6.07) is 14.5. The van der Waals surface area contributed by atoms with Gasteiger partial charge in [0.1, 0.15) is 5.70 Å². The smallest absolute Gasteiger partial charge is 0.388 e. The van der Waals surface area contributed by atoms with Crippen molar-refractivity contribution >= 4 is 17.3 Å². The number of nitriles is 1. The van der Waals surface area contributed by atoms with Gasteiger partial charge in [-0.3, -0.25) is 4.79 Å². The molecule has 0 saturated heterocycles. The topological polar surface area (TPSA) is 85.2 Å². The minimum absolute atomic E-state index is 0.273. The number of carbonyl (C=O) groups is 1. The minimum Gasteiger partial charge on any atom is -0.388 e. The minimum atomic E-state index is -4.71. The predicted molar refractivity (Wildman–Crippen MR) is 131 cm³/mol. The maximum Gasteiger partial charge on any atom is 0.415 e. The largest absolute Gasteiger partial charge is 0.415 e. The van der Waals surface area contributed by atoms with Gasteiger partial charge in [-0.25, -0.2) is 0 Å². The number of amides is 1. The van der Waals surface area contributed by atoms with E-state index in [1.807, 2.05) is 19.9 Å². The number of carbonyl (C=O) groups excluding carboxylic acids is 1. The molecule has 0 aliphatic heterocycles. The molecule has 0 radical (unpaired) electrons. The zero-order chi connectivity index (χ0) is 26.0. The Bertz CT molecular complexity index is 1100. The quantitative estimate of drug-likeness (QED) is 0.268. The van der Waals surface area contributed by atoms with Gasteiger partial charge in [0.15, 0.2) is 0 Å². The molecule has 3 N–H and O–H groups in total. The van der Waals surface area contributed by atoms with Gasteiger partial charge in [0, 0.05) is 11.4 Å². The van der Waals surface area contributed by atoms with Crippen molar-refractivity contribution in [3.05, 3.63) is 83.6 Å². The van der Waals surface area contributed by atoms with Crippen molar-refractivity contribution < 1.29 is 23.1 Å². The molecule has 1 unspecified atom stereocenters. The monoisotopic (exact) mass is 485 g/mol. The van der Waals surface area contributed by atoms with E-state index in [4.69, 9.17) is 5.26 Å². The Hall–Kier alpha value is -3.57. The Balaban J connectivity index is 0.00000210. The number of nitrogens with one attached hydrogen (secondary N) is 2. The van der Waals surface area contributed by atoms with E-state index in [0.717, 1.165) is 6.42 Å². The summed E-state index contributed by atoms with van der Waals surface area (Å²) in [5.74, 6) is -0.157. The molecular weight excluding hydrogens is 455 g/mol. The zero-order valence-corrected chi connectivity index (χ0v) is 19.8. The van der Waals surface area contributed by atoms with Gasteiger partial charge in [-0.2, -0.15) is 18.4 Å². The first kappa shape index (κ1) is 27.7. The first-order chi connectivity index (χ1) is 16.7. The molecule has 1 aliphatic carbocycles. The first-order valence-corrected chi connectivity index (χ1v) is 11.5. The first-order valence-electron chi connectivity index (χ1n) is 11.5. The second-order valence-corrected chi connectivity index (χ2v) is 8.01. The van der Waals surface area contributed by atoms with Crippen LogP contribution in [0.3, 0.4) is 0 Å². The number of anilines is 2. The number of benzene rings is 2. The molecule has 0 aromatic heterocycles. The highest BCUT2D eigenvalue weighted by molar-refractivity contribution is 6.06. The zero-order valence-electron chi connectivity index (χ0n) is 19.8. The molecule has 1 saturated carbocycles. The summed E-state index contributed by atoms with van der Waals surface area (Å²) in [4.78, 5) is 12.9. The molecule has 1 fully saturated rings. The number of hydrogen-bond acceptors (Lipinski definition) is 4. The lowest BCUT2D eigenvalue weighted by atomic mass is 10.0. The summed E-state index contributed by atoms with van der Waals surface area (Å²) in [6.07, 6.45) is -0.882. The van der Waals surface area contributed by atoms with E-state index >= 15 is 0 Å². The lowest BCUT2D eigenvalue weighted by molar-refractivity contribution is -0.112. The highest BCUT2D eigenvalue weighted by Crippen LogP contribution is 2.36. The van der Waals surface area contributed by atoms with E-state index in [2.05, 4.69) is 17.2 Å². The summed E-state index contributed by atoms with van der Waals surface area (Å²) in [6.45, 7) is 7.00. The second kappa shape index (κ2) is 12.8. The molecule has 0 heterocycles. The van der Waals surface area contributed by atoms with Gasteiger partial charge >= 0.3 is 6.18 Å². The summed E-state index contributed by atoms with van der Waals surface area (Å²) >= 11 is 0. The van der Waals surface area contributed by atoms with E-state index in [1.54, 1.807) is 30.3 Å². The highest BCUT2D eigenvalue weighted by Gasteiger charge is 2.31. The number of alkyl halides is 3. The van der Waals surface area contributed by atoms with Crippen molar-refractivity contribution in [2.24, 2.45) is 5.92 Å². The van der Waals surface area contributed by atoms with Gasteiger partial charge in [-0.1, -0.05) is 51.5 Å². The van der Waals surface area contributed by atoms with Gasteiger partial charge in [0.25, 0.3) is 5.91 Å². The fourth-order valence-corrected chi connectivity index (χ4v) is 3.23. The van der Waals surface area contributed by atoms with Gasteiger partial charge in [-0.05, 0) is 60.7 Å². The molecule has 1 amide bonds. The number of aliphatic hydroxyl groups excluding tert-OH is 1. The average Bonchev–Trinajstić information content (AvgIpc) is 3.67. The molecule has 2 aromatic carbocycles. The third kappa shape index (κ3) is 8.95. The van der Waals surface area contributed by atoms with Crippen LogP contribution in [-0.2, 0) is 4.79 Å². The van der Waals surface area contributed by atoms with Crippen LogP contribution in [0.15, 0.2) is 72.5 Å². The van der Waals surface area contributed by atoms with Crippen molar-refractivity contribution in [1.82, 2.24) is 0 Å². The Morgan fingerprint density at radius 2 is 1.80 bits per heavy atom. The van der Waals surface area contributed by atoms with Crippen LogP contribution in [0.5, 0.6) is 0 Å². The van der Waals surface area contributed by atoms with Crippen LogP contribution in [0.4, 0.5) is 24.5 Å². The fourth-order valence-electron chi connectivity index (χ4n) is 3.23. The van der Waals surface area contributed by atoms with E-state index < -0.39 is 29.5 Å². The molecule has 0 bridgehead atoms. The molecule has 35 heavy (non-hydrogen) atoms. The van der Waals surface area contributed by atoms with Crippen molar-refractivity contribution in [2.75, 3.05) is 10.6 Å². The molecular formula is C27H30F3N3O2. The number of rotatable bonds is 9. The number of halogens is 3. The lowest BCUT2D eigenvalue weighted by Gasteiger charge is -2.15. The van der Waals surface area contributed by atoms with E-state index in [0.29, 0.717) is 29.7 Å². The third-order valence-electron chi connectivity index (χ3n) is 5.27. The normalized spacial score (nSPS) is 14.1. The maximum atomic E-state index is 13.1.